The molecule has 0 saturated carbocycles. The summed E-state index contributed by atoms with van der Waals surface area (Å²) in [6.07, 6.45) is 2.73. The molecule has 7 nitrogen and oxygen atoms in total. The van der Waals surface area contributed by atoms with Crippen LogP contribution in [0.2, 0.25) is 4.34 Å². The Balaban J connectivity index is 1.61. The molecule has 2 aromatic heterocycles. The van der Waals surface area contributed by atoms with Crippen molar-refractivity contribution in [2.45, 2.75) is 25.3 Å². The standard InChI is InChI=1S/C18H20ClN5O2S/c1-2-9-26-18(25)24-7-5-12(6-8-24)16-14(10-20)17(23-22-16)21-11-13-3-4-15(19)27-13/h2-4,12H,1,5-9,11H2,(H2,21,22,23). The van der Waals surface area contributed by atoms with Crippen LogP contribution in [0.15, 0.2) is 24.8 Å². The first kappa shape index (κ1) is 19.3. The van der Waals surface area contributed by atoms with Gasteiger partial charge in [-0.25, -0.2) is 4.79 Å². The van der Waals surface area contributed by atoms with Crippen molar-refractivity contribution < 1.29 is 9.53 Å². The summed E-state index contributed by atoms with van der Waals surface area (Å²) in [6.45, 7) is 5.48. The zero-order valence-corrected chi connectivity index (χ0v) is 16.3. The number of rotatable bonds is 6. The minimum Gasteiger partial charge on any atom is -0.445 e. The number of amides is 1. The van der Waals surface area contributed by atoms with E-state index in [-0.39, 0.29) is 18.6 Å². The van der Waals surface area contributed by atoms with E-state index in [4.69, 9.17) is 16.3 Å². The Bertz CT molecular complexity index is 848. The van der Waals surface area contributed by atoms with Crippen LogP contribution in [0.1, 0.15) is 34.9 Å². The molecule has 1 amide bonds. The summed E-state index contributed by atoms with van der Waals surface area (Å²) in [5, 5.41) is 20.1. The SMILES string of the molecule is C=CCOC(=O)N1CCC(c2[nH]nc(NCc3ccc(Cl)s3)c2C#N)CC1. The molecule has 0 spiro atoms. The molecule has 0 aliphatic carbocycles. The average molecular weight is 406 g/mol. The van der Waals surface area contributed by atoms with Gasteiger partial charge in [-0.15, -0.1) is 11.3 Å². The van der Waals surface area contributed by atoms with Crippen molar-refractivity contribution in [3.63, 3.8) is 0 Å². The van der Waals surface area contributed by atoms with E-state index < -0.39 is 0 Å². The van der Waals surface area contributed by atoms with E-state index >= 15 is 0 Å². The fraction of sp³-hybridized carbons (Fsp3) is 0.389. The van der Waals surface area contributed by atoms with Crippen LogP contribution in [0, 0.1) is 11.3 Å². The number of aromatic amines is 1. The lowest BCUT2D eigenvalue weighted by Crippen LogP contribution is -2.38. The minimum atomic E-state index is -0.324. The largest absolute Gasteiger partial charge is 0.445 e. The molecular formula is C18H20ClN5O2S. The molecule has 1 aliphatic rings. The maximum atomic E-state index is 11.9. The number of nitrogens with one attached hydrogen (secondary N) is 2. The Morgan fingerprint density at radius 3 is 2.96 bits per heavy atom. The van der Waals surface area contributed by atoms with Crippen LogP contribution < -0.4 is 5.32 Å². The first-order valence-electron chi connectivity index (χ1n) is 8.61. The van der Waals surface area contributed by atoms with Gasteiger partial charge < -0.3 is 15.0 Å². The quantitative estimate of drug-likeness (QED) is 0.705. The summed E-state index contributed by atoms with van der Waals surface area (Å²) in [6, 6.07) is 6.04. The molecular weight excluding hydrogens is 386 g/mol. The van der Waals surface area contributed by atoms with Crippen LogP contribution in [0.25, 0.3) is 0 Å². The number of hydrogen-bond donors (Lipinski definition) is 2. The fourth-order valence-corrected chi connectivity index (χ4v) is 4.11. The number of aromatic nitrogens is 2. The number of carbonyl (C=O) groups is 1. The van der Waals surface area contributed by atoms with Gasteiger partial charge in [-0.05, 0) is 25.0 Å². The Hall–Kier alpha value is -2.50. The molecule has 0 radical (unpaired) electrons. The predicted molar refractivity (Wildman–Crippen MR) is 105 cm³/mol. The number of H-pyrrole nitrogens is 1. The van der Waals surface area contributed by atoms with Crippen molar-refractivity contribution in [3.05, 3.63) is 45.3 Å². The van der Waals surface area contributed by atoms with Gasteiger partial charge in [-0.2, -0.15) is 10.4 Å². The topological polar surface area (TPSA) is 94.0 Å². The number of thiophene rings is 1. The lowest BCUT2D eigenvalue weighted by molar-refractivity contribution is 0.102. The Labute approximate surface area is 166 Å². The zero-order valence-electron chi connectivity index (χ0n) is 14.7. The normalized spacial score (nSPS) is 14.6. The van der Waals surface area contributed by atoms with Gasteiger partial charge in [0, 0.05) is 23.9 Å². The second-order valence-electron chi connectivity index (χ2n) is 6.16. The van der Waals surface area contributed by atoms with E-state index in [0.717, 1.165) is 27.7 Å². The van der Waals surface area contributed by atoms with E-state index in [9.17, 15) is 10.1 Å². The van der Waals surface area contributed by atoms with Crippen molar-refractivity contribution in [3.8, 4) is 6.07 Å². The molecule has 0 atom stereocenters. The zero-order chi connectivity index (χ0) is 19.2. The highest BCUT2D eigenvalue weighted by atomic mass is 35.5. The summed E-state index contributed by atoms with van der Waals surface area (Å²) < 4.78 is 5.80. The Morgan fingerprint density at radius 2 is 2.33 bits per heavy atom. The first-order valence-corrected chi connectivity index (χ1v) is 9.80. The monoisotopic (exact) mass is 405 g/mol. The van der Waals surface area contributed by atoms with Gasteiger partial charge in [0.1, 0.15) is 18.2 Å². The maximum Gasteiger partial charge on any atom is 0.410 e. The van der Waals surface area contributed by atoms with E-state index in [1.807, 2.05) is 12.1 Å². The van der Waals surface area contributed by atoms with Gasteiger partial charge in [0.2, 0.25) is 0 Å². The Morgan fingerprint density at radius 1 is 1.56 bits per heavy atom. The molecule has 1 saturated heterocycles. The number of nitriles is 1. The number of piperidine rings is 1. The number of nitrogens with zero attached hydrogens (tertiary/aromatic N) is 3. The van der Waals surface area contributed by atoms with Gasteiger partial charge in [0.15, 0.2) is 5.82 Å². The molecule has 3 rings (SSSR count). The highest BCUT2D eigenvalue weighted by Gasteiger charge is 2.28. The number of anilines is 1. The van der Waals surface area contributed by atoms with Gasteiger partial charge in [0.05, 0.1) is 16.6 Å². The van der Waals surface area contributed by atoms with Gasteiger partial charge in [0.25, 0.3) is 0 Å². The Kier molecular flexibility index (Phi) is 6.37. The third-order valence-corrected chi connectivity index (χ3v) is 5.68. The summed E-state index contributed by atoms with van der Waals surface area (Å²) >= 11 is 7.43. The van der Waals surface area contributed by atoms with E-state index in [1.54, 1.807) is 11.0 Å². The molecule has 1 aliphatic heterocycles. The minimum absolute atomic E-state index is 0.155. The van der Waals surface area contributed by atoms with Crippen LogP contribution >= 0.6 is 22.9 Å². The average Bonchev–Trinajstić information content (AvgIpc) is 3.30. The van der Waals surface area contributed by atoms with Crippen molar-refractivity contribution in [1.29, 1.82) is 5.26 Å². The lowest BCUT2D eigenvalue weighted by Gasteiger charge is -2.30. The van der Waals surface area contributed by atoms with Crippen molar-refractivity contribution in [2.24, 2.45) is 0 Å². The summed E-state index contributed by atoms with van der Waals surface area (Å²) in [5.74, 6) is 0.701. The van der Waals surface area contributed by atoms with Gasteiger partial charge >= 0.3 is 6.09 Å². The molecule has 3 heterocycles. The molecule has 142 valence electrons. The van der Waals surface area contributed by atoms with E-state index in [2.05, 4.69) is 28.2 Å². The molecule has 1 fully saturated rings. The maximum absolute atomic E-state index is 11.9. The molecule has 9 heteroatoms. The molecule has 0 unspecified atom stereocenters. The third kappa shape index (κ3) is 4.62. The van der Waals surface area contributed by atoms with Crippen molar-refractivity contribution in [2.75, 3.05) is 25.0 Å². The number of hydrogen-bond acceptors (Lipinski definition) is 6. The molecule has 0 aromatic carbocycles. The number of ether oxygens (including phenoxy) is 1. The molecule has 27 heavy (non-hydrogen) atoms. The van der Waals surface area contributed by atoms with E-state index in [0.29, 0.717) is 31.0 Å². The second-order valence-corrected chi connectivity index (χ2v) is 7.96. The third-order valence-electron chi connectivity index (χ3n) is 4.45. The van der Waals surface area contributed by atoms with Crippen LogP contribution in [0.4, 0.5) is 10.6 Å². The van der Waals surface area contributed by atoms with Crippen LogP contribution in [-0.4, -0.2) is 40.9 Å². The summed E-state index contributed by atoms with van der Waals surface area (Å²) in [7, 11) is 0. The number of halogens is 1. The van der Waals surface area contributed by atoms with Crippen molar-refractivity contribution >= 4 is 34.8 Å². The smallest absolute Gasteiger partial charge is 0.410 e. The lowest BCUT2D eigenvalue weighted by atomic mass is 9.91. The number of likely N-dealkylation sites (tertiary alicyclic amines) is 1. The highest BCUT2D eigenvalue weighted by molar-refractivity contribution is 7.16. The predicted octanol–water partition coefficient (Wildman–Crippen LogP) is 4.11. The molecule has 0 bridgehead atoms. The summed E-state index contributed by atoms with van der Waals surface area (Å²) in [5.41, 5.74) is 1.36. The first-order chi connectivity index (χ1) is 13.1. The van der Waals surface area contributed by atoms with Crippen LogP contribution in [0.5, 0.6) is 0 Å². The van der Waals surface area contributed by atoms with Crippen LogP contribution in [-0.2, 0) is 11.3 Å². The van der Waals surface area contributed by atoms with Crippen molar-refractivity contribution in [1.82, 2.24) is 15.1 Å². The molecule has 2 aromatic rings. The second kappa shape index (κ2) is 8.93. The molecule has 2 N–H and O–H groups in total. The van der Waals surface area contributed by atoms with Gasteiger partial charge in [-0.3, -0.25) is 5.10 Å². The van der Waals surface area contributed by atoms with Gasteiger partial charge in [-0.1, -0.05) is 24.3 Å². The highest BCUT2D eigenvalue weighted by Crippen LogP contribution is 2.32. The number of carbonyl (C=O) groups excluding carboxylic acids is 1. The van der Waals surface area contributed by atoms with Crippen LogP contribution in [0.3, 0.4) is 0 Å². The fourth-order valence-electron chi connectivity index (χ4n) is 3.08. The van der Waals surface area contributed by atoms with E-state index in [1.165, 1.54) is 11.3 Å². The summed E-state index contributed by atoms with van der Waals surface area (Å²) in [4.78, 5) is 14.7.